The van der Waals surface area contributed by atoms with Gasteiger partial charge in [-0.05, 0) is 67.0 Å². The zero-order valence-corrected chi connectivity index (χ0v) is 21.6. The Hall–Kier alpha value is -4.00. The van der Waals surface area contributed by atoms with E-state index < -0.39 is 5.97 Å². The van der Waals surface area contributed by atoms with E-state index in [1.54, 1.807) is 6.20 Å². The average molecular weight is 511 g/mol. The number of allylic oxidation sites excluding steroid dienone is 6. The fourth-order valence-electron chi connectivity index (χ4n) is 5.35. The minimum Gasteiger partial charge on any atom is -0.481 e. The van der Waals surface area contributed by atoms with Crippen molar-refractivity contribution >= 4 is 29.3 Å². The first-order chi connectivity index (χ1) is 18.6. The van der Waals surface area contributed by atoms with Crippen LogP contribution in [0.15, 0.2) is 66.9 Å². The lowest BCUT2D eigenvalue weighted by molar-refractivity contribution is -0.137. The van der Waals surface area contributed by atoms with E-state index in [-0.39, 0.29) is 18.2 Å². The van der Waals surface area contributed by atoms with Crippen LogP contribution in [0.2, 0.25) is 0 Å². The topological polar surface area (TPSA) is 86.6 Å². The molecule has 1 aliphatic heterocycles. The van der Waals surface area contributed by atoms with Crippen LogP contribution in [0.3, 0.4) is 0 Å². The second-order valence-electron chi connectivity index (χ2n) is 10.0. The predicted octanol–water partition coefficient (Wildman–Crippen LogP) is 4.71. The van der Waals surface area contributed by atoms with Gasteiger partial charge in [0, 0.05) is 38.8 Å². The minimum absolute atomic E-state index is 0.168. The average Bonchev–Trinajstić information content (AvgIpc) is 3.24. The number of piperazine rings is 1. The van der Waals surface area contributed by atoms with Gasteiger partial charge in [-0.1, -0.05) is 48.6 Å². The number of aliphatic carboxylic acids is 1. The third kappa shape index (κ3) is 6.10. The number of rotatable bonds is 8. The molecule has 2 aliphatic carbocycles. The second-order valence-corrected chi connectivity index (χ2v) is 10.0. The molecule has 0 bridgehead atoms. The van der Waals surface area contributed by atoms with Crippen LogP contribution >= 0.6 is 0 Å². The Kier molecular flexibility index (Phi) is 8.12. The van der Waals surface area contributed by atoms with Crippen LogP contribution in [0.5, 0.6) is 0 Å². The third-order valence-corrected chi connectivity index (χ3v) is 7.41. The highest BCUT2D eigenvalue weighted by Crippen LogP contribution is 2.31. The lowest BCUT2D eigenvalue weighted by Crippen LogP contribution is -2.50. The Bertz CT molecular complexity index is 1290. The van der Waals surface area contributed by atoms with E-state index >= 15 is 0 Å². The van der Waals surface area contributed by atoms with Gasteiger partial charge in [0.05, 0.1) is 17.3 Å². The third-order valence-electron chi connectivity index (χ3n) is 7.41. The van der Waals surface area contributed by atoms with Crippen LogP contribution in [0, 0.1) is 5.92 Å². The number of pyridine rings is 2. The lowest BCUT2D eigenvalue weighted by atomic mass is 9.88. The molecule has 0 radical (unpaired) electrons. The summed E-state index contributed by atoms with van der Waals surface area (Å²) in [6.07, 6.45) is 20.0. The van der Waals surface area contributed by atoms with Crippen LogP contribution in [-0.4, -0.2) is 58.0 Å². The minimum atomic E-state index is -0.761. The summed E-state index contributed by atoms with van der Waals surface area (Å²) in [5, 5.41) is 9.03. The van der Waals surface area contributed by atoms with Crippen molar-refractivity contribution in [1.82, 2.24) is 14.9 Å². The van der Waals surface area contributed by atoms with Gasteiger partial charge in [-0.2, -0.15) is 0 Å². The van der Waals surface area contributed by atoms with Crippen molar-refractivity contribution < 1.29 is 14.7 Å². The number of hydrogen-bond acceptors (Lipinski definition) is 5. The van der Waals surface area contributed by atoms with Crippen molar-refractivity contribution in [2.45, 2.75) is 38.5 Å². The molecule has 1 atom stereocenters. The molecule has 0 spiro atoms. The fourth-order valence-corrected chi connectivity index (χ4v) is 5.35. The molecule has 7 heteroatoms. The summed E-state index contributed by atoms with van der Waals surface area (Å²) in [5.41, 5.74) is 5.29. The molecule has 3 heterocycles. The molecule has 1 fully saturated rings. The normalized spacial score (nSPS) is 18.6. The van der Waals surface area contributed by atoms with Crippen molar-refractivity contribution in [3.8, 4) is 0 Å². The van der Waals surface area contributed by atoms with Gasteiger partial charge in [0.15, 0.2) is 0 Å². The number of carbonyl (C=O) groups excluding carboxylic acids is 1. The predicted molar refractivity (Wildman–Crippen MR) is 150 cm³/mol. The van der Waals surface area contributed by atoms with Crippen molar-refractivity contribution in [1.29, 1.82) is 0 Å². The lowest BCUT2D eigenvalue weighted by Gasteiger charge is -2.37. The summed E-state index contributed by atoms with van der Waals surface area (Å²) in [6.45, 7) is 2.93. The van der Waals surface area contributed by atoms with E-state index in [9.17, 15) is 9.59 Å². The molecular formula is C31H34N4O3. The van der Waals surface area contributed by atoms with E-state index in [4.69, 9.17) is 10.1 Å². The zero-order chi connectivity index (χ0) is 26.3. The number of anilines is 1. The monoisotopic (exact) mass is 510 g/mol. The highest BCUT2D eigenvalue weighted by molar-refractivity contribution is 5.83. The van der Waals surface area contributed by atoms with Crippen molar-refractivity contribution in [3.63, 3.8) is 0 Å². The molecule has 2 aromatic rings. The summed E-state index contributed by atoms with van der Waals surface area (Å²) >= 11 is 0. The molecule has 0 aromatic carbocycles. The molecule has 1 amide bonds. The number of carboxylic acids is 1. The van der Waals surface area contributed by atoms with Gasteiger partial charge in [-0.25, -0.2) is 9.97 Å². The molecule has 5 rings (SSSR count). The van der Waals surface area contributed by atoms with Crippen LogP contribution in [-0.2, 0) is 22.4 Å². The molecular weight excluding hydrogens is 476 g/mol. The van der Waals surface area contributed by atoms with Gasteiger partial charge >= 0.3 is 5.97 Å². The van der Waals surface area contributed by atoms with E-state index in [0.29, 0.717) is 25.9 Å². The Morgan fingerprint density at radius 3 is 2.71 bits per heavy atom. The number of aromatic nitrogens is 2. The van der Waals surface area contributed by atoms with Crippen LogP contribution in [0.25, 0.3) is 11.6 Å². The molecule has 1 unspecified atom stereocenters. The van der Waals surface area contributed by atoms with E-state index in [1.807, 2.05) is 53.5 Å². The number of aryl methyl sites for hydroxylation is 1. The van der Waals surface area contributed by atoms with E-state index in [1.165, 1.54) is 0 Å². The Morgan fingerprint density at radius 1 is 1.05 bits per heavy atom. The molecule has 0 saturated carbocycles. The Morgan fingerprint density at radius 2 is 1.92 bits per heavy atom. The van der Waals surface area contributed by atoms with Gasteiger partial charge in [0.1, 0.15) is 5.82 Å². The summed E-state index contributed by atoms with van der Waals surface area (Å²) in [6, 6.07) is 8.12. The van der Waals surface area contributed by atoms with Crippen molar-refractivity contribution in [3.05, 3.63) is 89.4 Å². The van der Waals surface area contributed by atoms with Gasteiger partial charge in [0.25, 0.3) is 0 Å². The molecule has 3 aliphatic rings. The van der Waals surface area contributed by atoms with Gasteiger partial charge < -0.3 is 14.9 Å². The van der Waals surface area contributed by atoms with Crippen LogP contribution < -0.4 is 4.90 Å². The fraction of sp³-hybridized carbons (Fsp3) is 0.355. The summed E-state index contributed by atoms with van der Waals surface area (Å²) in [7, 11) is 0. The number of fused-ring (bicyclic) bond motifs is 1. The van der Waals surface area contributed by atoms with Crippen molar-refractivity contribution in [2.75, 3.05) is 31.1 Å². The Labute approximate surface area is 223 Å². The summed E-state index contributed by atoms with van der Waals surface area (Å²) in [5.74, 6) is 0.169. The molecule has 7 nitrogen and oxygen atoms in total. The maximum absolute atomic E-state index is 13.5. The first-order valence-electron chi connectivity index (χ1n) is 13.5. The maximum Gasteiger partial charge on any atom is 0.303 e. The molecule has 38 heavy (non-hydrogen) atoms. The zero-order valence-electron chi connectivity index (χ0n) is 21.6. The molecule has 196 valence electrons. The molecule has 1 saturated heterocycles. The first kappa shape index (κ1) is 25.6. The van der Waals surface area contributed by atoms with Crippen LogP contribution in [0.4, 0.5) is 5.82 Å². The van der Waals surface area contributed by atoms with Crippen LogP contribution in [0.1, 0.15) is 48.2 Å². The number of carboxylic acid groups (broad SMARTS) is 1. The van der Waals surface area contributed by atoms with Gasteiger partial charge in [0.2, 0.25) is 5.91 Å². The first-order valence-corrected chi connectivity index (χ1v) is 13.5. The smallest absolute Gasteiger partial charge is 0.303 e. The van der Waals surface area contributed by atoms with Gasteiger partial charge in [-0.3, -0.25) is 9.59 Å². The largest absolute Gasteiger partial charge is 0.481 e. The highest BCUT2D eigenvalue weighted by Gasteiger charge is 2.29. The van der Waals surface area contributed by atoms with E-state index in [2.05, 4.69) is 28.1 Å². The number of amides is 1. The maximum atomic E-state index is 13.5. The van der Waals surface area contributed by atoms with Crippen molar-refractivity contribution in [2.24, 2.45) is 5.92 Å². The Balaban J connectivity index is 1.30. The highest BCUT2D eigenvalue weighted by atomic mass is 16.4. The molecule has 1 N–H and O–H groups in total. The quantitative estimate of drug-likeness (QED) is 0.518. The summed E-state index contributed by atoms with van der Waals surface area (Å²) in [4.78, 5) is 38.2. The number of carbonyl (C=O) groups is 2. The molecule has 2 aromatic heterocycles. The number of unbranched alkanes of at least 4 members (excludes halogenated alkanes) is 1. The van der Waals surface area contributed by atoms with E-state index in [0.717, 1.165) is 66.3 Å². The van der Waals surface area contributed by atoms with Gasteiger partial charge in [-0.15, -0.1) is 0 Å². The number of hydrogen-bond donors (Lipinski definition) is 1. The summed E-state index contributed by atoms with van der Waals surface area (Å²) < 4.78 is 0. The SMILES string of the molecule is O=C(O)CCCCc1cc2c(nc1C1=CC=CC=CC1)C=CC(C(=O)N1CCN(c3ccccn3)CC1)C2. The standard InChI is InChI=1S/C31H34N4O3/c36-29(37)13-6-5-11-24-21-26-22-25(14-15-27(26)33-30(24)23-9-3-1-2-4-10-23)31(38)35-19-17-34(18-20-35)28-12-7-8-16-32-28/h1-4,7-9,12,14-16,21,25H,5-6,10-11,13,17-20,22H2,(H,36,37). The number of nitrogens with zero attached hydrogens (tertiary/aromatic N) is 4. The second kappa shape index (κ2) is 12.0.